The van der Waals surface area contributed by atoms with Crippen molar-refractivity contribution in [2.45, 2.75) is 12.3 Å². The molecule has 0 aliphatic rings. The van der Waals surface area contributed by atoms with Crippen molar-refractivity contribution in [1.29, 1.82) is 0 Å². The first-order chi connectivity index (χ1) is 6.97. The molecule has 0 saturated carbocycles. The van der Waals surface area contributed by atoms with Crippen molar-refractivity contribution < 1.29 is 18.7 Å². The molecule has 3 nitrogen and oxygen atoms in total. The van der Waals surface area contributed by atoms with Gasteiger partial charge in [0.15, 0.2) is 5.69 Å². The maximum Gasteiger partial charge on any atom is 0.355 e. The van der Waals surface area contributed by atoms with E-state index < -0.39 is 23.7 Å². The van der Waals surface area contributed by atoms with E-state index in [4.69, 9.17) is 28.3 Å². The number of alkyl halides is 3. The van der Waals surface area contributed by atoms with Crippen LogP contribution >= 0.6 is 23.2 Å². The quantitative estimate of drug-likeness (QED) is 0.667. The van der Waals surface area contributed by atoms with Crippen molar-refractivity contribution in [3.8, 4) is 0 Å². The molecule has 0 radical (unpaired) electrons. The van der Waals surface area contributed by atoms with Crippen LogP contribution in [0.3, 0.4) is 0 Å². The Bertz CT molecular complexity index is 398. The Morgan fingerprint density at radius 1 is 1.60 bits per heavy atom. The first-order valence-electron chi connectivity index (χ1n) is 3.74. The maximum atomic E-state index is 12.6. The summed E-state index contributed by atoms with van der Waals surface area (Å²) in [5.74, 6) is -1.80. The molecule has 7 heteroatoms. The summed E-state index contributed by atoms with van der Waals surface area (Å²) in [6, 6.07) is 1.13. The topological polar surface area (TPSA) is 50.2 Å². The highest BCUT2D eigenvalue weighted by atomic mass is 35.5. The minimum atomic E-state index is -2.95. The van der Waals surface area contributed by atoms with Gasteiger partial charge in [-0.15, -0.1) is 11.6 Å². The predicted molar refractivity (Wildman–Crippen MR) is 50.7 cm³/mol. The second-order valence-electron chi connectivity index (χ2n) is 2.61. The van der Waals surface area contributed by atoms with Gasteiger partial charge in [0, 0.05) is 5.88 Å². The van der Waals surface area contributed by atoms with Gasteiger partial charge in [-0.25, -0.2) is 18.6 Å². The summed E-state index contributed by atoms with van der Waals surface area (Å²) in [4.78, 5) is 14.0. The van der Waals surface area contributed by atoms with E-state index in [0.717, 1.165) is 6.07 Å². The summed E-state index contributed by atoms with van der Waals surface area (Å²) in [6.07, 6.45) is -2.95. The fourth-order valence-electron chi connectivity index (χ4n) is 1.09. The number of aromatic nitrogens is 1. The summed E-state index contributed by atoms with van der Waals surface area (Å²) >= 11 is 10.9. The Kier molecular flexibility index (Phi) is 3.82. The second kappa shape index (κ2) is 4.72. The van der Waals surface area contributed by atoms with Gasteiger partial charge in [0.25, 0.3) is 6.43 Å². The van der Waals surface area contributed by atoms with E-state index in [1.807, 2.05) is 0 Å². The van der Waals surface area contributed by atoms with Crippen molar-refractivity contribution in [1.82, 2.24) is 4.98 Å². The van der Waals surface area contributed by atoms with Gasteiger partial charge < -0.3 is 5.11 Å². The number of pyridine rings is 1. The molecule has 0 aromatic carbocycles. The third kappa shape index (κ3) is 2.54. The summed E-state index contributed by atoms with van der Waals surface area (Å²) in [5, 5.41) is 8.49. The summed E-state index contributed by atoms with van der Waals surface area (Å²) in [6.45, 7) is 0. The third-order valence-corrected chi connectivity index (χ3v) is 2.16. The number of carboxylic acid groups (broad SMARTS) is 1. The lowest BCUT2D eigenvalue weighted by Crippen LogP contribution is -2.09. The molecular weight excluding hydrogens is 251 g/mol. The number of aromatic carboxylic acids is 1. The standard InChI is InChI=1S/C8H5Cl2F2NO2/c9-2-3-1-4(10)13-6(8(14)15)5(3)7(11)12/h1,7H,2H2,(H,14,15). The van der Waals surface area contributed by atoms with Gasteiger partial charge >= 0.3 is 5.97 Å². The monoisotopic (exact) mass is 255 g/mol. The fourth-order valence-corrected chi connectivity index (χ4v) is 1.53. The maximum absolute atomic E-state index is 12.6. The molecule has 1 N–H and O–H groups in total. The van der Waals surface area contributed by atoms with E-state index in [2.05, 4.69) is 4.98 Å². The second-order valence-corrected chi connectivity index (χ2v) is 3.26. The van der Waals surface area contributed by atoms with E-state index in [0.29, 0.717) is 0 Å². The fraction of sp³-hybridized carbons (Fsp3) is 0.250. The lowest BCUT2D eigenvalue weighted by atomic mass is 10.1. The smallest absolute Gasteiger partial charge is 0.355 e. The van der Waals surface area contributed by atoms with Gasteiger partial charge in [-0.1, -0.05) is 11.6 Å². The first kappa shape index (κ1) is 12.1. The number of hydrogen-bond acceptors (Lipinski definition) is 2. The number of nitrogens with zero attached hydrogens (tertiary/aromatic N) is 1. The van der Waals surface area contributed by atoms with E-state index >= 15 is 0 Å². The van der Waals surface area contributed by atoms with Gasteiger partial charge in [0.05, 0.1) is 5.56 Å². The molecule has 0 amide bonds. The van der Waals surface area contributed by atoms with Crippen molar-refractivity contribution in [3.63, 3.8) is 0 Å². The molecule has 1 heterocycles. The van der Waals surface area contributed by atoms with Crippen LogP contribution in [0.2, 0.25) is 5.15 Å². The molecule has 0 fully saturated rings. The van der Waals surface area contributed by atoms with E-state index in [-0.39, 0.29) is 16.6 Å². The number of carboxylic acids is 1. The van der Waals surface area contributed by atoms with Crippen molar-refractivity contribution in [2.24, 2.45) is 0 Å². The Balaban J connectivity index is 3.47. The van der Waals surface area contributed by atoms with Crippen LogP contribution < -0.4 is 0 Å². The van der Waals surface area contributed by atoms with E-state index in [1.54, 1.807) is 0 Å². The molecule has 0 aliphatic carbocycles. The highest BCUT2D eigenvalue weighted by Crippen LogP contribution is 2.28. The van der Waals surface area contributed by atoms with Gasteiger partial charge in [0.2, 0.25) is 0 Å². The number of halogens is 4. The number of hydrogen-bond donors (Lipinski definition) is 1. The average molecular weight is 256 g/mol. The predicted octanol–water partition coefficient (Wildman–Crippen LogP) is 3.11. The molecular formula is C8H5Cl2F2NO2. The zero-order valence-electron chi connectivity index (χ0n) is 7.18. The van der Waals surface area contributed by atoms with Crippen LogP contribution in [-0.4, -0.2) is 16.1 Å². The Morgan fingerprint density at radius 2 is 2.20 bits per heavy atom. The SMILES string of the molecule is O=C(O)c1nc(Cl)cc(CCl)c1C(F)F. The molecule has 0 atom stereocenters. The van der Waals surface area contributed by atoms with E-state index in [1.165, 1.54) is 0 Å². The largest absolute Gasteiger partial charge is 0.476 e. The third-order valence-electron chi connectivity index (χ3n) is 1.68. The van der Waals surface area contributed by atoms with Gasteiger partial charge in [-0.2, -0.15) is 0 Å². The van der Waals surface area contributed by atoms with Gasteiger partial charge in [0.1, 0.15) is 5.15 Å². The van der Waals surface area contributed by atoms with Crippen LogP contribution in [0.5, 0.6) is 0 Å². The molecule has 0 aliphatic heterocycles. The van der Waals surface area contributed by atoms with Crippen LogP contribution in [0.4, 0.5) is 8.78 Å². The highest BCUT2D eigenvalue weighted by Gasteiger charge is 2.24. The van der Waals surface area contributed by atoms with Crippen LogP contribution in [0.15, 0.2) is 6.07 Å². The summed E-state index contributed by atoms with van der Waals surface area (Å²) in [5.41, 5.74) is -1.46. The van der Waals surface area contributed by atoms with E-state index in [9.17, 15) is 13.6 Å². The Labute approximate surface area is 93.6 Å². The summed E-state index contributed by atoms with van der Waals surface area (Å²) in [7, 11) is 0. The van der Waals surface area contributed by atoms with Crippen molar-refractivity contribution >= 4 is 29.2 Å². The Morgan fingerprint density at radius 3 is 2.60 bits per heavy atom. The molecule has 1 aromatic heterocycles. The minimum Gasteiger partial charge on any atom is -0.476 e. The zero-order valence-corrected chi connectivity index (χ0v) is 8.69. The molecule has 1 aromatic rings. The summed E-state index contributed by atoms with van der Waals surface area (Å²) < 4.78 is 25.1. The number of rotatable bonds is 3. The molecule has 82 valence electrons. The molecule has 1 rings (SSSR count). The van der Waals surface area contributed by atoms with Crippen molar-refractivity contribution in [3.05, 3.63) is 28.0 Å². The molecule has 0 unspecified atom stereocenters. The lowest BCUT2D eigenvalue weighted by molar-refractivity contribution is 0.0676. The highest BCUT2D eigenvalue weighted by molar-refractivity contribution is 6.29. The molecule has 0 spiro atoms. The van der Waals surface area contributed by atoms with Crippen LogP contribution in [0.1, 0.15) is 28.0 Å². The minimum absolute atomic E-state index is 0.0240. The number of carbonyl (C=O) groups is 1. The van der Waals surface area contributed by atoms with Crippen LogP contribution in [-0.2, 0) is 5.88 Å². The van der Waals surface area contributed by atoms with Crippen LogP contribution in [0.25, 0.3) is 0 Å². The van der Waals surface area contributed by atoms with Gasteiger partial charge in [-0.05, 0) is 11.6 Å². The first-order valence-corrected chi connectivity index (χ1v) is 4.65. The Hall–Kier alpha value is -0.940. The van der Waals surface area contributed by atoms with Crippen LogP contribution in [0, 0.1) is 0 Å². The molecule has 15 heavy (non-hydrogen) atoms. The zero-order chi connectivity index (χ0) is 11.6. The molecule has 0 saturated heterocycles. The van der Waals surface area contributed by atoms with Crippen molar-refractivity contribution in [2.75, 3.05) is 0 Å². The molecule has 0 bridgehead atoms. The average Bonchev–Trinajstić information content (AvgIpc) is 2.15. The normalized spacial score (nSPS) is 10.7. The lowest BCUT2D eigenvalue weighted by Gasteiger charge is -2.09. The van der Waals surface area contributed by atoms with Gasteiger partial charge in [-0.3, -0.25) is 0 Å².